The zero-order valence-electron chi connectivity index (χ0n) is 13.4. The molecule has 0 atom stereocenters. The number of allylic oxidation sites excluding steroid dienone is 1. The first kappa shape index (κ1) is 16.0. The molecule has 1 N–H and O–H groups in total. The number of nitrogens with zero attached hydrogens (tertiary/aromatic N) is 2. The number of aryl methyl sites for hydroxylation is 2. The molecule has 0 bridgehead atoms. The van der Waals surface area contributed by atoms with E-state index >= 15 is 0 Å². The van der Waals surface area contributed by atoms with Gasteiger partial charge in [0.05, 0.1) is 11.3 Å². The third-order valence-corrected chi connectivity index (χ3v) is 4.59. The van der Waals surface area contributed by atoms with Crippen LogP contribution in [0, 0.1) is 25.2 Å². The summed E-state index contributed by atoms with van der Waals surface area (Å²) in [7, 11) is 0. The standard InChI is InChI=1S/C20H16N2OS/c1-13-3-8-18(14(2)9-13)19-12-24-20(22-19)16(11-21)10-15-4-6-17(23)7-5-15/h3-10,12,23H,1-2H3/b16-10+. The number of thiazole rings is 1. The molecule has 0 aliphatic heterocycles. The summed E-state index contributed by atoms with van der Waals surface area (Å²) < 4.78 is 0. The fraction of sp³-hybridized carbons (Fsp3) is 0.100. The van der Waals surface area contributed by atoms with Gasteiger partial charge in [0, 0.05) is 10.9 Å². The van der Waals surface area contributed by atoms with Crippen LogP contribution >= 0.6 is 11.3 Å². The SMILES string of the molecule is Cc1ccc(-c2csc(/C(C#N)=C/c3ccc(O)cc3)n2)c(C)c1. The summed E-state index contributed by atoms with van der Waals surface area (Å²) in [5.74, 6) is 0.206. The quantitative estimate of drug-likeness (QED) is 0.671. The fourth-order valence-electron chi connectivity index (χ4n) is 2.50. The largest absolute Gasteiger partial charge is 0.508 e. The minimum Gasteiger partial charge on any atom is -0.508 e. The summed E-state index contributed by atoms with van der Waals surface area (Å²) in [5.41, 5.74) is 5.74. The first-order valence-electron chi connectivity index (χ1n) is 7.51. The molecule has 0 radical (unpaired) electrons. The predicted molar refractivity (Wildman–Crippen MR) is 98.6 cm³/mol. The Morgan fingerprint density at radius 2 is 1.92 bits per heavy atom. The number of benzene rings is 2. The Morgan fingerprint density at radius 3 is 2.58 bits per heavy atom. The van der Waals surface area contributed by atoms with Crippen LogP contribution < -0.4 is 0 Å². The summed E-state index contributed by atoms with van der Waals surface area (Å²) in [6, 6.07) is 15.2. The number of aromatic nitrogens is 1. The molecule has 0 saturated heterocycles. The van der Waals surface area contributed by atoms with Crippen molar-refractivity contribution < 1.29 is 5.11 Å². The normalized spacial score (nSPS) is 11.3. The average Bonchev–Trinajstić information content (AvgIpc) is 3.04. The highest BCUT2D eigenvalue weighted by Crippen LogP contribution is 2.29. The molecule has 0 unspecified atom stereocenters. The zero-order valence-corrected chi connectivity index (χ0v) is 14.3. The lowest BCUT2D eigenvalue weighted by atomic mass is 10.0. The molecule has 3 rings (SSSR count). The molecule has 0 amide bonds. The zero-order chi connectivity index (χ0) is 17.1. The molecule has 24 heavy (non-hydrogen) atoms. The monoisotopic (exact) mass is 332 g/mol. The highest BCUT2D eigenvalue weighted by molar-refractivity contribution is 7.11. The van der Waals surface area contributed by atoms with E-state index in [9.17, 15) is 10.4 Å². The summed E-state index contributed by atoms with van der Waals surface area (Å²) in [5, 5.41) is 21.5. The van der Waals surface area contributed by atoms with E-state index in [0.29, 0.717) is 10.6 Å². The molecule has 3 aromatic rings. The molecule has 3 nitrogen and oxygen atoms in total. The maximum atomic E-state index is 9.47. The van der Waals surface area contributed by atoms with Gasteiger partial charge in [-0.15, -0.1) is 11.3 Å². The number of aromatic hydroxyl groups is 1. The molecule has 0 fully saturated rings. The third-order valence-electron chi connectivity index (χ3n) is 3.72. The lowest BCUT2D eigenvalue weighted by Crippen LogP contribution is -1.86. The van der Waals surface area contributed by atoms with Gasteiger partial charge in [-0.2, -0.15) is 5.26 Å². The van der Waals surface area contributed by atoms with E-state index in [-0.39, 0.29) is 5.75 Å². The van der Waals surface area contributed by atoms with Crippen molar-refractivity contribution in [1.29, 1.82) is 5.26 Å². The van der Waals surface area contributed by atoms with Crippen molar-refractivity contribution >= 4 is 23.0 Å². The first-order valence-corrected chi connectivity index (χ1v) is 8.39. The highest BCUT2D eigenvalue weighted by Gasteiger charge is 2.10. The third kappa shape index (κ3) is 3.37. The summed E-state index contributed by atoms with van der Waals surface area (Å²) >= 11 is 1.46. The second-order valence-corrected chi connectivity index (χ2v) is 6.48. The molecule has 1 heterocycles. The summed E-state index contributed by atoms with van der Waals surface area (Å²) in [6.07, 6.45) is 1.78. The lowest BCUT2D eigenvalue weighted by molar-refractivity contribution is 0.475. The van der Waals surface area contributed by atoms with Crippen molar-refractivity contribution in [3.8, 4) is 23.1 Å². The Labute approximate surface area is 145 Å². The first-order chi connectivity index (χ1) is 11.6. The summed E-state index contributed by atoms with van der Waals surface area (Å²) in [4.78, 5) is 4.63. The van der Waals surface area contributed by atoms with Gasteiger partial charge in [-0.1, -0.05) is 35.9 Å². The minimum atomic E-state index is 0.206. The predicted octanol–water partition coefficient (Wildman–Crippen LogP) is 5.20. The van der Waals surface area contributed by atoms with Gasteiger partial charge in [-0.25, -0.2) is 4.98 Å². The van der Waals surface area contributed by atoms with Gasteiger partial charge >= 0.3 is 0 Å². The van der Waals surface area contributed by atoms with Crippen LogP contribution in [-0.2, 0) is 0 Å². The van der Waals surface area contributed by atoms with Gasteiger partial charge in [0.1, 0.15) is 16.8 Å². The van der Waals surface area contributed by atoms with Crippen LogP contribution in [0.5, 0.6) is 5.75 Å². The van der Waals surface area contributed by atoms with E-state index in [1.807, 2.05) is 5.38 Å². The average molecular weight is 332 g/mol. The number of rotatable bonds is 3. The number of hydrogen-bond donors (Lipinski definition) is 1. The van der Waals surface area contributed by atoms with Crippen molar-refractivity contribution in [3.63, 3.8) is 0 Å². The van der Waals surface area contributed by atoms with Gasteiger partial charge in [0.15, 0.2) is 0 Å². The number of phenolic OH excluding ortho intramolecular Hbond substituents is 1. The lowest BCUT2D eigenvalue weighted by Gasteiger charge is -2.03. The Hall–Kier alpha value is -2.90. The van der Waals surface area contributed by atoms with Gasteiger partial charge in [0.2, 0.25) is 0 Å². The minimum absolute atomic E-state index is 0.206. The van der Waals surface area contributed by atoms with E-state index in [2.05, 4.69) is 43.1 Å². The van der Waals surface area contributed by atoms with Crippen molar-refractivity contribution in [1.82, 2.24) is 4.98 Å². The van der Waals surface area contributed by atoms with E-state index in [1.165, 1.54) is 22.5 Å². The van der Waals surface area contributed by atoms with E-state index in [0.717, 1.165) is 16.8 Å². The topological polar surface area (TPSA) is 56.9 Å². The molecule has 1 aromatic heterocycles. The van der Waals surface area contributed by atoms with Crippen LogP contribution in [0.15, 0.2) is 47.8 Å². The molecule has 0 spiro atoms. The molecule has 0 aliphatic rings. The molecule has 4 heteroatoms. The van der Waals surface area contributed by atoms with Gasteiger partial charge in [0.25, 0.3) is 0 Å². The molecule has 118 valence electrons. The van der Waals surface area contributed by atoms with Crippen LogP contribution in [0.1, 0.15) is 21.7 Å². The highest BCUT2D eigenvalue weighted by atomic mass is 32.1. The van der Waals surface area contributed by atoms with Crippen LogP contribution in [-0.4, -0.2) is 10.1 Å². The Kier molecular flexibility index (Phi) is 4.45. The Bertz CT molecular complexity index is 947. The van der Waals surface area contributed by atoms with Crippen molar-refractivity contribution in [2.24, 2.45) is 0 Å². The second-order valence-electron chi connectivity index (χ2n) is 5.62. The number of nitriles is 1. The van der Waals surface area contributed by atoms with Crippen molar-refractivity contribution in [3.05, 3.63) is 69.5 Å². The maximum absolute atomic E-state index is 9.47. The second kappa shape index (κ2) is 6.69. The number of phenols is 1. The maximum Gasteiger partial charge on any atom is 0.134 e. The van der Waals surface area contributed by atoms with Crippen molar-refractivity contribution in [2.75, 3.05) is 0 Å². The molecule has 0 aliphatic carbocycles. The summed E-state index contributed by atoms with van der Waals surface area (Å²) in [6.45, 7) is 4.14. The van der Waals surface area contributed by atoms with E-state index < -0.39 is 0 Å². The molecule has 0 saturated carbocycles. The van der Waals surface area contributed by atoms with Crippen LogP contribution in [0.2, 0.25) is 0 Å². The molecule has 2 aromatic carbocycles. The number of hydrogen-bond acceptors (Lipinski definition) is 4. The van der Waals surface area contributed by atoms with Crippen LogP contribution in [0.3, 0.4) is 0 Å². The van der Waals surface area contributed by atoms with Gasteiger partial charge < -0.3 is 5.11 Å². The Morgan fingerprint density at radius 1 is 1.17 bits per heavy atom. The van der Waals surface area contributed by atoms with E-state index in [1.54, 1.807) is 30.3 Å². The molecular weight excluding hydrogens is 316 g/mol. The van der Waals surface area contributed by atoms with Crippen LogP contribution in [0.4, 0.5) is 0 Å². The van der Waals surface area contributed by atoms with Gasteiger partial charge in [-0.05, 0) is 43.2 Å². The Balaban J connectivity index is 1.96. The van der Waals surface area contributed by atoms with Gasteiger partial charge in [-0.3, -0.25) is 0 Å². The smallest absolute Gasteiger partial charge is 0.134 e. The molecular formula is C20H16N2OS. The van der Waals surface area contributed by atoms with E-state index in [4.69, 9.17) is 0 Å². The van der Waals surface area contributed by atoms with Crippen LogP contribution in [0.25, 0.3) is 22.9 Å². The fourth-order valence-corrected chi connectivity index (χ4v) is 3.29. The van der Waals surface area contributed by atoms with Crippen molar-refractivity contribution in [2.45, 2.75) is 13.8 Å².